The van der Waals surface area contributed by atoms with Gasteiger partial charge in [0.15, 0.2) is 5.58 Å². The van der Waals surface area contributed by atoms with E-state index in [0.29, 0.717) is 37.3 Å². The topological polar surface area (TPSA) is 95.9 Å². The molecule has 23 heavy (non-hydrogen) atoms. The fraction of sp³-hybridized carbons (Fsp3) is 0.500. The third kappa shape index (κ3) is 3.26. The monoisotopic (exact) mass is 341 g/mol. The lowest BCUT2D eigenvalue weighted by atomic mass is 10.2. The van der Waals surface area contributed by atoms with Gasteiger partial charge in [-0.1, -0.05) is 6.07 Å². The van der Waals surface area contributed by atoms with Crippen molar-refractivity contribution in [3.63, 3.8) is 0 Å². The molecule has 1 saturated heterocycles. The average molecular weight is 341 g/mol. The summed E-state index contributed by atoms with van der Waals surface area (Å²) in [6.45, 7) is 2.07. The van der Waals surface area contributed by atoms with Crippen molar-refractivity contribution in [1.29, 1.82) is 0 Å². The van der Waals surface area contributed by atoms with Crippen molar-refractivity contribution >= 4 is 26.8 Å². The molecule has 9 heteroatoms. The predicted octanol–water partition coefficient (Wildman–Crippen LogP) is 0.219. The van der Waals surface area contributed by atoms with Crippen LogP contribution >= 0.6 is 0 Å². The summed E-state index contributed by atoms with van der Waals surface area (Å²) in [5.74, 6) is -0.501. The first-order valence-corrected chi connectivity index (χ1v) is 8.96. The van der Waals surface area contributed by atoms with Crippen LogP contribution in [0.3, 0.4) is 0 Å². The molecule has 0 amide bonds. The van der Waals surface area contributed by atoms with Crippen LogP contribution in [0.4, 0.5) is 5.69 Å². The molecule has 0 bridgehead atoms. The molecule has 8 nitrogen and oxygen atoms in total. The molecule has 1 aromatic heterocycles. The van der Waals surface area contributed by atoms with E-state index in [0.717, 1.165) is 5.69 Å². The van der Waals surface area contributed by atoms with E-state index in [1.54, 1.807) is 6.07 Å². The average Bonchev–Trinajstić information content (AvgIpc) is 2.93. The standard InChI is InChI=1S/C14H19N3O5S/c1-21-9-10-23(19,20)17-7-5-16(6-8-17)12-4-2-3-11-13(12)22-14(18)15-11/h2-4H,5-10H2,1H3,(H,15,18). The molecule has 1 aromatic carbocycles. The van der Waals surface area contributed by atoms with Crippen molar-refractivity contribution < 1.29 is 17.6 Å². The fourth-order valence-corrected chi connectivity index (χ4v) is 4.09. The van der Waals surface area contributed by atoms with Gasteiger partial charge in [-0.2, -0.15) is 4.31 Å². The maximum absolute atomic E-state index is 12.2. The summed E-state index contributed by atoms with van der Waals surface area (Å²) in [5, 5.41) is 0. The van der Waals surface area contributed by atoms with Gasteiger partial charge >= 0.3 is 5.76 Å². The molecule has 1 aliphatic rings. The molecule has 3 rings (SSSR count). The molecule has 1 aliphatic heterocycles. The first kappa shape index (κ1) is 16.0. The van der Waals surface area contributed by atoms with E-state index < -0.39 is 15.8 Å². The Morgan fingerprint density at radius 1 is 1.26 bits per heavy atom. The van der Waals surface area contributed by atoms with E-state index in [4.69, 9.17) is 9.15 Å². The van der Waals surface area contributed by atoms with Gasteiger partial charge in [0.05, 0.1) is 23.6 Å². The molecule has 1 N–H and O–H groups in total. The number of oxazole rings is 1. The van der Waals surface area contributed by atoms with Gasteiger partial charge in [-0.15, -0.1) is 0 Å². The quantitative estimate of drug-likeness (QED) is 0.836. The molecular formula is C14H19N3O5S. The molecule has 0 unspecified atom stereocenters. The smallest absolute Gasteiger partial charge is 0.406 e. The molecule has 2 aromatic rings. The largest absolute Gasteiger partial charge is 0.417 e. The summed E-state index contributed by atoms with van der Waals surface area (Å²) in [7, 11) is -1.80. The van der Waals surface area contributed by atoms with Crippen molar-refractivity contribution in [3.05, 3.63) is 28.7 Å². The van der Waals surface area contributed by atoms with Crippen LogP contribution < -0.4 is 10.7 Å². The minimum atomic E-state index is -3.29. The number of nitrogens with zero attached hydrogens (tertiary/aromatic N) is 2. The van der Waals surface area contributed by atoms with Crippen LogP contribution in [0.15, 0.2) is 27.4 Å². The Morgan fingerprint density at radius 3 is 2.70 bits per heavy atom. The normalized spacial score (nSPS) is 17.0. The highest BCUT2D eigenvalue weighted by atomic mass is 32.2. The zero-order chi connectivity index (χ0) is 16.4. The van der Waals surface area contributed by atoms with Crippen molar-refractivity contribution in [1.82, 2.24) is 9.29 Å². The zero-order valence-corrected chi connectivity index (χ0v) is 13.6. The maximum Gasteiger partial charge on any atom is 0.417 e. The summed E-state index contributed by atoms with van der Waals surface area (Å²) >= 11 is 0. The lowest BCUT2D eigenvalue weighted by Crippen LogP contribution is -2.49. The van der Waals surface area contributed by atoms with E-state index in [9.17, 15) is 13.2 Å². The SMILES string of the molecule is COCCS(=O)(=O)N1CCN(c2cccc3[nH]c(=O)oc23)CC1. The number of aromatic nitrogens is 1. The van der Waals surface area contributed by atoms with Gasteiger partial charge in [-0.25, -0.2) is 13.2 Å². The number of ether oxygens (including phenoxy) is 1. The van der Waals surface area contributed by atoms with Gasteiger partial charge in [0.25, 0.3) is 0 Å². The number of nitrogens with one attached hydrogen (secondary N) is 1. The number of aromatic amines is 1. The number of anilines is 1. The highest BCUT2D eigenvalue weighted by Gasteiger charge is 2.27. The minimum absolute atomic E-state index is 0.00817. The Hall–Kier alpha value is -1.84. The second-order valence-corrected chi connectivity index (χ2v) is 7.45. The molecular weight excluding hydrogens is 322 g/mol. The van der Waals surface area contributed by atoms with E-state index in [1.165, 1.54) is 11.4 Å². The molecule has 0 radical (unpaired) electrons. The number of para-hydroxylation sites is 1. The molecule has 0 atom stereocenters. The molecule has 0 spiro atoms. The second kappa shape index (κ2) is 6.34. The number of piperazine rings is 1. The van der Waals surface area contributed by atoms with Crippen molar-refractivity contribution in [2.24, 2.45) is 0 Å². The van der Waals surface area contributed by atoms with E-state index in [1.807, 2.05) is 17.0 Å². The van der Waals surface area contributed by atoms with Gasteiger partial charge in [0.2, 0.25) is 10.0 Å². The van der Waals surface area contributed by atoms with Crippen LogP contribution in [0, 0.1) is 0 Å². The Morgan fingerprint density at radius 2 is 2.00 bits per heavy atom. The minimum Gasteiger partial charge on any atom is -0.406 e. The van der Waals surface area contributed by atoms with Gasteiger partial charge in [-0.3, -0.25) is 4.98 Å². The number of hydrogen-bond donors (Lipinski definition) is 1. The highest BCUT2D eigenvalue weighted by Crippen LogP contribution is 2.26. The van der Waals surface area contributed by atoms with E-state index in [-0.39, 0.29) is 12.4 Å². The van der Waals surface area contributed by atoms with Crippen molar-refractivity contribution in [3.8, 4) is 0 Å². The number of sulfonamides is 1. The molecule has 0 aliphatic carbocycles. The maximum atomic E-state index is 12.2. The fourth-order valence-electron chi connectivity index (χ4n) is 2.73. The summed E-state index contributed by atoms with van der Waals surface area (Å²) in [5.41, 5.74) is 1.95. The van der Waals surface area contributed by atoms with Crippen molar-refractivity contribution in [2.45, 2.75) is 0 Å². The van der Waals surface area contributed by atoms with Crippen LogP contribution in [0.1, 0.15) is 0 Å². The third-order valence-electron chi connectivity index (χ3n) is 3.94. The van der Waals surface area contributed by atoms with Gasteiger partial charge in [0.1, 0.15) is 0 Å². The zero-order valence-electron chi connectivity index (χ0n) is 12.8. The number of methoxy groups -OCH3 is 1. The van der Waals surface area contributed by atoms with Gasteiger partial charge in [-0.05, 0) is 12.1 Å². The Kier molecular flexibility index (Phi) is 4.42. The van der Waals surface area contributed by atoms with E-state index in [2.05, 4.69) is 4.98 Å². The lowest BCUT2D eigenvalue weighted by molar-refractivity contribution is 0.215. The highest BCUT2D eigenvalue weighted by molar-refractivity contribution is 7.89. The van der Waals surface area contributed by atoms with Crippen LogP contribution in [0.25, 0.3) is 11.1 Å². The third-order valence-corrected chi connectivity index (χ3v) is 5.78. The summed E-state index contributed by atoms with van der Waals surface area (Å²) in [6.07, 6.45) is 0. The number of H-pyrrole nitrogens is 1. The first-order chi connectivity index (χ1) is 11.0. The van der Waals surface area contributed by atoms with E-state index >= 15 is 0 Å². The number of benzene rings is 1. The molecule has 1 fully saturated rings. The van der Waals surface area contributed by atoms with Crippen LogP contribution in [0.2, 0.25) is 0 Å². The summed E-state index contributed by atoms with van der Waals surface area (Å²) < 4.78 is 35.9. The Labute approximate surface area is 133 Å². The van der Waals surface area contributed by atoms with Crippen LogP contribution in [-0.2, 0) is 14.8 Å². The number of rotatable bonds is 5. The predicted molar refractivity (Wildman–Crippen MR) is 86.3 cm³/mol. The summed E-state index contributed by atoms with van der Waals surface area (Å²) in [4.78, 5) is 16.0. The molecule has 0 saturated carbocycles. The number of hydrogen-bond acceptors (Lipinski definition) is 6. The van der Waals surface area contributed by atoms with Crippen molar-refractivity contribution in [2.75, 3.05) is 50.5 Å². The molecule has 2 heterocycles. The Balaban J connectivity index is 1.75. The van der Waals surface area contributed by atoms with Crippen LogP contribution in [-0.4, -0.2) is 63.4 Å². The van der Waals surface area contributed by atoms with Crippen LogP contribution in [0.5, 0.6) is 0 Å². The first-order valence-electron chi connectivity index (χ1n) is 7.35. The summed E-state index contributed by atoms with van der Waals surface area (Å²) in [6, 6.07) is 5.48. The second-order valence-electron chi connectivity index (χ2n) is 5.36. The number of fused-ring (bicyclic) bond motifs is 1. The lowest BCUT2D eigenvalue weighted by Gasteiger charge is -2.35. The molecule has 126 valence electrons. The van der Waals surface area contributed by atoms with Gasteiger partial charge in [0, 0.05) is 33.3 Å². The van der Waals surface area contributed by atoms with Gasteiger partial charge < -0.3 is 14.1 Å². The Bertz CT molecular complexity index is 833.